The molecule has 0 saturated heterocycles. The fourth-order valence-electron chi connectivity index (χ4n) is 2.57. The van der Waals surface area contributed by atoms with Gasteiger partial charge in [0.25, 0.3) is 5.91 Å². The first-order valence-corrected chi connectivity index (χ1v) is 8.30. The Labute approximate surface area is 151 Å². The van der Waals surface area contributed by atoms with Crippen LogP contribution in [0.1, 0.15) is 28.5 Å². The van der Waals surface area contributed by atoms with Crippen LogP contribution >= 0.6 is 0 Å². The van der Waals surface area contributed by atoms with Gasteiger partial charge < -0.3 is 10.6 Å². The summed E-state index contributed by atoms with van der Waals surface area (Å²) in [6.07, 6.45) is 2.25. The summed E-state index contributed by atoms with van der Waals surface area (Å²) < 4.78 is 13.3. The van der Waals surface area contributed by atoms with E-state index in [9.17, 15) is 9.18 Å². The smallest absolute Gasteiger partial charge is 0.255 e. The Bertz CT molecular complexity index is 943. The molecule has 0 unspecified atom stereocenters. The minimum atomic E-state index is -0.442. The molecule has 0 fully saturated rings. The van der Waals surface area contributed by atoms with E-state index in [-0.39, 0.29) is 11.5 Å². The first-order valence-electron chi connectivity index (χ1n) is 8.30. The average molecular weight is 350 g/mol. The second-order valence-corrected chi connectivity index (χ2v) is 5.86. The van der Waals surface area contributed by atoms with E-state index in [2.05, 4.69) is 20.6 Å². The highest BCUT2D eigenvalue weighted by atomic mass is 19.1. The van der Waals surface area contributed by atoms with Crippen LogP contribution in [0.2, 0.25) is 0 Å². The van der Waals surface area contributed by atoms with E-state index < -0.39 is 5.82 Å². The zero-order chi connectivity index (χ0) is 18.5. The molecule has 0 aliphatic carbocycles. The summed E-state index contributed by atoms with van der Waals surface area (Å²) in [6.45, 7) is 3.89. The molecule has 132 valence electrons. The lowest BCUT2D eigenvalue weighted by Crippen LogP contribution is -2.13. The fraction of sp³-hybridized carbons (Fsp3) is 0.150. The van der Waals surface area contributed by atoms with E-state index in [0.717, 1.165) is 23.4 Å². The average Bonchev–Trinajstić information content (AvgIpc) is 2.62. The van der Waals surface area contributed by atoms with Crippen molar-refractivity contribution in [2.24, 2.45) is 0 Å². The lowest BCUT2D eigenvalue weighted by atomic mass is 10.1. The lowest BCUT2D eigenvalue weighted by Gasteiger charge is -2.13. The summed E-state index contributed by atoms with van der Waals surface area (Å²) in [5.41, 5.74) is 3.58. The van der Waals surface area contributed by atoms with Crippen LogP contribution in [0.4, 0.5) is 21.6 Å². The molecule has 6 heteroatoms. The van der Waals surface area contributed by atoms with Crippen molar-refractivity contribution >= 4 is 23.1 Å². The normalized spacial score (nSPS) is 10.4. The van der Waals surface area contributed by atoms with E-state index in [1.54, 1.807) is 6.07 Å². The number of aromatic nitrogens is 2. The van der Waals surface area contributed by atoms with Crippen molar-refractivity contribution in [3.63, 3.8) is 0 Å². The van der Waals surface area contributed by atoms with Crippen LogP contribution in [0.15, 0.2) is 54.9 Å². The van der Waals surface area contributed by atoms with Crippen LogP contribution in [0.5, 0.6) is 0 Å². The van der Waals surface area contributed by atoms with E-state index >= 15 is 0 Å². The van der Waals surface area contributed by atoms with Crippen LogP contribution < -0.4 is 10.6 Å². The van der Waals surface area contributed by atoms with Gasteiger partial charge in [0.1, 0.15) is 18.0 Å². The van der Waals surface area contributed by atoms with Gasteiger partial charge in [-0.1, -0.05) is 19.1 Å². The third-order valence-electron chi connectivity index (χ3n) is 3.90. The molecule has 0 atom stereocenters. The molecular formula is C20H19FN4O. The van der Waals surface area contributed by atoms with E-state index in [0.29, 0.717) is 11.5 Å². The molecule has 2 aromatic carbocycles. The molecule has 0 radical (unpaired) electrons. The Morgan fingerprint density at radius 1 is 1.12 bits per heavy atom. The second-order valence-electron chi connectivity index (χ2n) is 5.86. The maximum absolute atomic E-state index is 13.3. The van der Waals surface area contributed by atoms with Crippen LogP contribution in [-0.4, -0.2) is 15.9 Å². The number of carbonyl (C=O) groups excluding carboxylic acids is 1. The third-order valence-corrected chi connectivity index (χ3v) is 3.90. The van der Waals surface area contributed by atoms with Gasteiger partial charge in [0.2, 0.25) is 0 Å². The molecule has 0 spiro atoms. The first-order chi connectivity index (χ1) is 12.5. The largest absolute Gasteiger partial charge is 0.340 e. The molecule has 0 bridgehead atoms. The Morgan fingerprint density at radius 2 is 1.96 bits per heavy atom. The molecule has 2 N–H and O–H groups in total. The number of hydrogen-bond acceptors (Lipinski definition) is 4. The van der Waals surface area contributed by atoms with E-state index in [1.165, 1.54) is 24.5 Å². The van der Waals surface area contributed by atoms with Crippen molar-refractivity contribution in [3.05, 3.63) is 77.5 Å². The van der Waals surface area contributed by atoms with E-state index in [4.69, 9.17) is 0 Å². The minimum Gasteiger partial charge on any atom is -0.340 e. The zero-order valence-corrected chi connectivity index (χ0v) is 14.6. The number of benzene rings is 2. The van der Waals surface area contributed by atoms with Gasteiger partial charge in [0.15, 0.2) is 0 Å². The summed E-state index contributed by atoms with van der Waals surface area (Å²) >= 11 is 0. The Kier molecular flexibility index (Phi) is 5.22. The summed E-state index contributed by atoms with van der Waals surface area (Å²) in [4.78, 5) is 20.7. The topological polar surface area (TPSA) is 66.9 Å². The highest BCUT2D eigenvalue weighted by Crippen LogP contribution is 2.24. The summed E-state index contributed by atoms with van der Waals surface area (Å²) in [5.74, 6) is -0.124. The molecule has 3 aromatic rings. The number of aryl methyl sites for hydroxylation is 2. The van der Waals surface area contributed by atoms with Crippen LogP contribution in [-0.2, 0) is 6.42 Å². The lowest BCUT2D eigenvalue weighted by molar-refractivity contribution is 0.102. The Morgan fingerprint density at radius 3 is 2.69 bits per heavy atom. The number of halogens is 1. The van der Waals surface area contributed by atoms with Crippen LogP contribution in [0, 0.1) is 12.7 Å². The van der Waals surface area contributed by atoms with Crippen LogP contribution in [0.25, 0.3) is 0 Å². The fourth-order valence-corrected chi connectivity index (χ4v) is 2.57. The standard InChI is InChI=1S/C20H19FN4O/c1-3-14-7-8-17(24-19-9-13(2)22-12-23-19)11-18(14)25-20(26)15-5-4-6-16(21)10-15/h4-12H,3H2,1-2H3,(H,25,26)(H,22,23,24). The molecule has 1 amide bonds. The van der Waals surface area contributed by atoms with Crippen molar-refractivity contribution in [2.45, 2.75) is 20.3 Å². The minimum absolute atomic E-state index is 0.275. The highest BCUT2D eigenvalue weighted by Gasteiger charge is 2.10. The van der Waals surface area contributed by atoms with Gasteiger partial charge in [-0.05, 0) is 49.2 Å². The van der Waals surface area contributed by atoms with Crippen molar-refractivity contribution < 1.29 is 9.18 Å². The van der Waals surface area contributed by atoms with Crippen molar-refractivity contribution in [1.82, 2.24) is 9.97 Å². The van der Waals surface area contributed by atoms with Gasteiger partial charge in [-0.3, -0.25) is 4.79 Å². The number of nitrogens with zero attached hydrogens (tertiary/aromatic N) is 2. The monoisotopic (exact) mass is 350 g/mol. The van der Waals surface area contributed by atoms with E-state index in [1.807, 2.05) is 38.1 Å². The third kappa shape index (κ3) is 4.22. The van der Waals surface area contributed by atoms with Crippen LogP contribution in [0.3, 0.4) is 0 Å². The number of carbonyl (C=O) groups is 1. The van der Waals surface area contributed by atoms with Gasteiger partial charge >= 0.3 is 0 Å². The van der Waals surface area contributed by atoms with Gasteiger partial charge in [0, 0.05) is 28.7 Å². The van der Waals surface area contributed by atoms with Crippen molar-refractivity contribution in [1.29, 1.82) is 0 Å². The Balaban J connectivity index is 1.84. The van der Waals surface area contributed by atoms with Gasteiger partial charge in [0.05, 0.1) is 0 Å². The molecule has 1 aromatic heterocycles. The molecular weight excluding hydrogens is 331 g/mol. The summed E-state index contributed by atoms with van der Waals surface area (Å²) in [6, 6.07) is 13.2. The molecule has 5 nitrogen and oxygen atoms in total. The number of hydrogen-bond donors (Lipinski definition) is 2. The number of amides is 1. The van der Waals surface area contributed by atoms with Gasteiger partial charge in [-0.15, -0.1) is 0 Å². The van der Waals surface area contributed by atoms with Gasteiger partial charge in [-0.2, -0.15) is 0 Å². The molecule has 1 heterocycles. The quantitative estimate of drug-likeness (QED) is 0.712. The highest BCUT2D eigenvalue weighted by molar-refractivity contribution is 6.04. The number of rotatable bonds is 5. The first kappa shape index (κ1) is 17.5. The molecule has 26 heavy (non-hydrogen) atoms. The predicted molar refractivity (Wildman–Crippen MR) is 100 cm³/mol. The number of nitrogens with one attached hydrogen (secondary N) is 2. The van der Waals surface area contributed by atoms with Crippen molar-refractivity contribution in [3.8, 4) is 0 Å². The molecule has 0 aliphatic heterocycles. The second kappa shape index (κ2) is 7.74. The maximum Gasteiger partial charge on any atom is 0.255 e. The Hall–Kier alpha value is -3.28. The molecule has 0 aliphatic rings. The maximum atomic E-state index is 13.3. The van der Waals surface area contributed by atoms with Crippen molar-refractivity contribution in [2.75, 3.05) is 10.6 Å². The summed E-state index contributed by atoms with van der Waals surface area (Å²) in [5, 5.41) is 6.06. The predicted octanol–water partition coefficient (Wildman–Crippen LogP) is 4.48. The molecule has 0 saturated carbocycles. The zero-order valence-electron chi connectivity index (χ0n) is 14.6. The summed E-state index contributed by atoms with van der Waals surface area (Å²) in [7, 11) is 0. The molecule has 3 rings (SSSR count). The van der Waals surface area contributed by atoms with Gasteiger partial charge in [-0.25, -0.2) is 14.4 Å². The SMILES string of the molecule is CCc1ccc(Nc2cc(C)ncn2)cc1NC(=O)c1cccc(F)c1. The number of anilines is 3.